The minimum atomic E-state index is 0.317. The summed E-state index contributed by atoms with van der Waals surface area (Å²) in [5.41, 5.74) is 0. The maximum Gasteiger partial charge on any atom is 0.0521 e. The maximum absolute atomic E-state index is 8.47. The van der Waals surface area contributed by atoms with Gasteiger partial charge in [0.25, 0.3) is 0 Å². The highest BCUT2D eigenvalue weighted by Gasteiger charge is 1.88. The molecule has 0 saturated heterocycles. The molecule has 0 aliphatic heterocycles. The third-order valence-corrected chi connectivity index (χ3v) is 2.48. The Morgan fingerprint density at radius 1 is 1.18 bits per heavy atom. The monoisotopic (exact) mass is 174 g/mol. The van der Waals surface area contributed by atoms with E-state index in [9.17, 15) is 0 Å². The maximum atomic E-state index is 8.47. The first-order valence-corrected chi connectivity index (χ1v) is 5.36. The van der Waals surface area contributed by atoms with Gasteiger partial charge in [-0.25, -0.2) is 0 Å². The number of hydrogen-bond donors (Lipinski definition) is 1. The van der Waals surface area contributed by atoms with Gasteiger partial charge >= 0.3 is 0 Å². The molecule has 1 N–H and O–H groups in total. The van der Waals surface area contributed by atoms with Crippen molar-refractivity contribution in [2.24, 2.45) is 0 Å². The van der Waals surface area contributed by atoms with Crippen molar-refractivity contribution in [3.8, 4) is 0 Å². The van der Waals surface area contributed by atoms with Gasteiger partial charge in [0.15, 0.2) is 0 Å². The Morgan fingerprint density at radius 2 is 2.00 bits per heavy atom. The number of aliphatic hydroxyl groups excluding tert-OH is 1. The summed E-state index contributed by atoms with van der Waals surface area (Å²) >= 11 is 1.84. The van der Waals surface area contributed by atoms with Gasteiger partial charge in [0.05, 0.1) is 6.61 Å². The lowest BCUT2D eigenvalue weighted by molar-refractivity contribution is 0.322. The van der Waals surface area contributed by atoms with Gasteiger partial charge in [-0.05, 0) is 25.0 Å². The fraction of sp³-hybridized carbons (Fsp3) is 0.778. The van der Waals surface area contributed by atoms with Crippen LogP contribution >= 0.6 is 11.8 Å². The standard InChI is InChI=1S/C9H18OS/c1-2-3-4-5-6-8-11-9-7-10/h2,10H,1,3-9H2. The van der Waals surface area contributed by atoms with Crippen LogP contribution in [0.2, 0.25) is 0 Å². The van der Waals surface area contributed by atoms with E-state index < -0.39 is 0 Å². The Morgan fingerprint density at radius 3 is 2.64 bits per heavy atom. The normalized spacial score (nSPS) is 9.91. The lowest BCUT2D eigenvalue weighted by Gasteiger charge is -1.98. The molecule has 0 saturated carbocycles. The van der Waals surface area contributed by atoms with Crippen LogP contribution in [0.15, 0.2) is 12.7 Å². The Labute approximate surface area is 73.9 Å². The molecule has 0 heterocycles. The zero-order valence-electron chi connectivity index (χ0n) is 7.09. The molecule has 2 heteroatoms. The van der Waals surface area contributed by atoms with Crippen molar-refractivity contribution in [3.05, 3.63) is 12.7 Å². The number of unbranched alkanes of at least 4 members (excludes halogenated alkanes) is 3. The Bertz CT molecular complexity index is 83.6. The van der Waals surface area contributed by atoms with Crippen LogP contribution in [0.25, 0.3) is 0 Å². The van der Waals surface area contributed by atoms with Crippen LogP contribution in [-0.2, 0) is 0 Å². The summed E-state index contributed by atoms with van der Waals surface area (Å²) in [5, 5.41) is 8.47. The van der Waals surface area contributed by atoms with Gasteiger partial charge in [0, 0.05) is 5.75 Å². The van der Waals surface area contributed by atoms with Crippen molar-refractivity contribution in [2.75, 3.05) is 18.1 Å². The molecule has 0 atom stereocenters. The molecule has 0 bridgehead atoms. The number of hydrogen-bond acceptors (Lipinski definition) is 2. The molecular weight excluding hydrogens is 156 g/mol. The van der Waals surface area contributed by atoms with E-state index in [1.54, 1.807) is 0 Å². The topological polar surface area (TPSA) is 20.2 Å². The third kappa shape index (κ3) is 10.1. The second-order valence-electron chi connectivity index (χ2n) is 2.47. The Hall–Kier alpha value is 0.0500. The van der Waals surface area contributed by atoms with Crippen LogP contribution in [0.5, 0.6) is 0 Å². The van der Waals surface area contributed by atoms with Crippen LogP contribution < -0.4 is 0 Å². The lowest BCUT2D eigenvalue weighted by atomic mass is 10.2. The Kier molecular flexibility index (Phi) is 10.1. The van der Waals surface area contributed by atoms with Crippen LogP contribution in [0.1, 0.15) is 25.7 Å². The predicted octanol–water partition coefficient (Wildman–Crippen LogP) is 2.46. The summed E-state index contributed by atoms with van der Waals surface area (Å²) < 4.78 is 0. The molecule has 0 aliphatic carbocycles. The molecule has 0 aliphatic rings. The van der Waals surface area contributed by atoms with Crippen molar-refractivity contribution < 1.29 is 5.11 Å². The number of aliphatic hydroxyl groups is 1. The highest BCUT2D eigenvalue weighted by Crippen LogP contribution is 2.06. The van der Waals surface area contributed by atoms with Crippen molar-refractivity contribution in [1.29, 1.82) is 0 Å². The van der Waals surface area contributed by atoms with E-state index in [-0.39, 0.29) is 0 Å². The molecule has 0 rings (SSSR count). The van der Waals surface area contributed by atoms with Gasteiger partial charge in [-0.3, -0.25) is 0 Å². The summed E-state index contributed by atoms with van der Waals surface area (Å²) in [4.78, 5) is 0. The van der Waals surface area contributed by atoms with Crippen LogP contribution in [0.3, 0.4) is 0 Å². The predicted molar refractivity (Wildman–Crippen MR) is 53.1 cm³/mol. The molecule has 0 unspecified atom stereocenters. The van der Waals surface area contributed by atoms with Gasteiger partial charge in [0.1, 0.15) is 0 Å². The first kappa shape index (κ1) is 11.1. The molecular formula is C9H18OS. The van der Waals surface area contributed by atoms with E-state index in [2.05, 4.69) is 6.58 Å². The highest BCUT2D eigenvalue weighted by atomic mass is 32.2. The molecule has 0 radical (unpaired) electrons. The summed E-state index contributed by atoms with van der Waals surface area (Å²) in [6.45, 7) is 3.99. The fourth-order valence-corrected chi connectivity index (χ4v) is 1.58. The molecule has 0 aromatic heterocycles. The first-order chi connectivity index (χ1) is 5.41. The van der Waals surface area contributed by atoms with E-state index in [0.29, 0.717) is 6.61 Å². The lowest BCUT2D eigenvalue weighted by Crippen LogP contribution is -1.88. The first-order valence-electron chi connectivity index (χ1n) is 4.21. The third-order valence-electron chi connectivity index (χ3n) is 1.43. The van der Waals surface area contributed by atoms with Crippen LogP contribution in [-0.4, -0.2) is 23.2 Å². The van der Waals surface area contributed by atoms with E-state index in [4.69, 9.17) is 5.11 Å². The van der Waals surface area contributed by atoms with Gasteiger partial charge in [0.2, 0.25) is 0 Å². The smallest absolute Gasteiger partial charge is 0.0521 e. The molecule has 1 nitrogen and oxygen atoms in total. The van der Waals surface area contributed by atoms with Crippen molar-refractivity contribution in [1.82, 2.24) is 0 Å². The molecule has 0 aromatic carbocycles. The van der Waals surface area contributed by atoms with E-state index in [1.165, 1.54) is 25.0 Å². The molecule has 0 aromatic rings. The van der Waals surface area contributed by atoms with Gasteiger partial charge in [-0.1, -0.05) is 12.5 Å². The number of allylic oxidation sites excluding steroid dienone is 1. The number of thioether (sulfide) groups is 1. The van der Waals surface area contributed by atoms with E-state index in [0.717, 1.165) is 12.2 Å². The summed E-state index contributed by atoms with van der Waals surface area (Å²) in [7, 11) is 0. The van der Waals surface area contributed by atoms with Gasteiger partial charge in [-0.15, -0.1) is 6.58 Å². The fourth-order valence-electron chi connectivity index (χ4n) is 0.836. The van der Waals surface area contributed by atoms with Gasteiger partial charge < -0.3 is 5.11 Å². The van der Waals surface area contributed by atoms with E-state index in [1.807, 2.05) is 17.8 Å². The zero-order chi connectivity index (χ0) is 8.36. The largest absolute Gasteiger partial charge is 0.396 e. The summed E-state index contributed by atoms with van der Waals surface area (Å²) in [6, 6.07) is 0. The quantitative estimate of drug-likeness (QED) is 0.450. The van der Waals surface area contributed by atoms with Gasteiger partial charge in [-0.2, -0.15) is 11.8 Å². The second-order valence-corrected chi connectivity index (χ2v) is 3.70. The average molecular weight is 174 g/mol. The average Bonchev–Trinajstić information content (AvgIpc) is 2.03. The van der Waals surface area contributed by atoms with Crippen LogP contribution in [0.4, 0.5) is 0 Å². The van der Waals surface area contributed by atoms with Crippen molar-refractivity contribution >= 4 is 11.8 Å². The molecule has 0 spiro atoms. The van der Waals surface area contributed by atoms with Crippen molar-refractivity contribution in [3.63, 3.8) is 0 Å². The minimum absolute atomic E-state index is 0.317. The van der Waals surface area contributed by atoms with Crippen LogP contribution in [0, 0.1) is 0 Å². The summed E-state index contributed by atoms with van der Waals surface area (Å²) in [6.07, 6.45) is 6.96. The minimum Gasteiger partial charge on any atom is -0.396 e. The number of rotatable bonds is 8. The molecule has 11 heavy (non-hydrogen) atoms. The Balaban J connectivity index is 2.74. The SMILES string of the molecule is C=CCCCCCSCCO. The molecule has 66 valence electrons. The second kappa shape index (κ2) is 10.0. The molecule has 0 fully saturated rings. The summed E-state index contributed by atoms with van der Waals surface area (Å²) in [5.74, 6) is 2.08. The van der Waals surface area contributed by atoms with E-state index >= 15 is 0 Å². The van der Waals surface area contributed by atoms with Crippen molar-refractivity contribution in [2.45, 2.75) is 25.7 Å². The zero-order valence-corrected chi connectivity index (χ0v) is 7.91. The highest BCUT2D eigenvalue weighted by molar-refractivity contribution is 7.99. The molecule has 0 amide bonds.